The van der Waals surface area contributed by atoms with Crippen LogP contribution in [0, 0.1) is 11.3 Å². The van der Waals surface area contributed by atoms with Crippen molar-refractivity contribution in [2.75, 3.05) is 17.9 Å². The lowest BCUT2D eigenvalue weighted by atomic mass is 10.1. The number of hydrogen-bond acceptors (Lipinski definition) is 4. The highest BCUT2D eigenvalue weighted by molar-refractivity contribution is 7.90. The van der Waals surface area contributed by atoms with Gasteiger partial charge in [0.25, 0.3) is 0 Å². The van der Waals surface area contributed by atoms with E-state index in [1.807, 2.05) is 13.0 Å². The predicted octanol–water partition coefficient (Wildman–Crippen LogP) is 2.12. The number of nitriles is 1. The summed E-state index contributed by atoms with van der Waals surface area (Å²) >= 11 is 0. The second-order valence-corrected chi connectivity index (χ2v) is 6.66. The molecule has 1 saturated heterocycles. The average Bonchev–Trinajstić information content (AvgIpc) is 2.45. The van der Waals surface area contributed by atoms with Crippen LogP contribution < -0.4 is 9.46 Å². The van der Waals surface area contributed by atoms with Crippen molar-refractivity contribution < 1.29 is 13.2 Å². The van der Waals surface area contributed by atoms with E-state index in [1.165, 1.54) is 4.31 Å². The third kappa shape index (κ3) is 4.09. The Labute approximate surface area is 125 Å². The third-order valence-corrected chi connectivity index (χ3v) is 5.09. The van der Waals surface area contributed by atoms with E-state index < -0.39 is 10.2 Å². The van der Waals surface area contributed by atoms with Crippen LogP contribution in [0.3, 0.4) is 0 Å². The molecule has 1 heterocycles. The number of nitrogens with one attached hydrogen (secondary N) is 1. The molecule has 7 heteroatoms. The van der Waals surface area contributed by atoms with E-state index in [9.17, 15) is 8.42 Å². The van der Waals surface area contributed by atoms with Gasteiger partial charge >= 0.3 is 10.2 Å². The highest BCUT2D eigenvalue weighted by atomic mass is 32.2. The van der Waals surface area contributed by atoms with Crippen LogP contribution in [0.2, 0.25) is 0 Å². The van der Waals surface area contributed by atoms with Gasteiger partial charge in [-0.05, 0) is 31.9 Å². The molecular formula is C14H19N3O3S. The van der Waals surface area contributed by atoms with Crippen LogP contribution in [-0.4, -0.2) is 31.9 Å². The molecule has 0 spiro atoms. The summed E-state index contributed by atoms with van der Waals surface area (Å²) in [5.74, 6) is 0.462. The lowest BCUT2D eigenvalue weighted by Gasteiger charge is -2.32. The molecule has 1 aliphatic heterocycles. The summed E-state index contributed by atoms with van der Waals surface area (Å²) in [7, 11) is -3.56. The first-order chi connectivity index (χ1) is 10.0. The zero-order valence-corrected chi connectivity index (χ0v) is 12.8. The summed E-state index contributed by atoms with van der Waals surface area (Å²) in [6.07, 6.45) is 2.83. The van der Waals surface area contributed by atoms with Crippen molar-refractivity contribution in [1.82, 2.24) is 4.31 Å². The number of anilines is 1. The molecule has 1 unspecified atom stereocenters. The molecule has 0 saturated carbocycles. The Morgan fingerprint density at radius 3 is 3.00 bits per heavy atom. The van der Waals surface area contributed by atoms with Crippen molar-refractivity contribution in [2.45, 2.75) is 32.2 Å². The fraction of sp³-hybridized carbons (Fsp3) is 0.500. The Kier molecular flexibility index (Phi) is 5.04. The number of benzene rings is 1. The molecule has 6 nitrogen and oxygen atoms in total. The maximum Gasteiger partial charge on any atom is 0.301 e. The van der Waals surface area contributed by atoms with Gasteiger partial charge < -0.3 is 4.74 Å². The summed E-state index contributed by atoms with van der Waals surface area (Å²) < 4.78 is 34.1. The molecule has 1 aliphatic rings. The zero-order valence-electron chi connectivity index (χ0n) is 11.9. The summed E-state index contributed by atoms with van der Waals surface area (Å²) in [6.45, 7) is 2.39. The highest BCUT2D eigenvalue weighted by Gasteiger charge is 2.29. The minimum atomic E-state index is -3.56. The Morgan fingerprint density at radius 1 is 1.48 bits per heavy atom. The first-order valence-electron chi connectivity index (χ1n) is 6.92. The van der Waals surface area contributed by atoms with Crippen molar-refractivity contribution in [3.8, 4) is 11.8 Å². The summed E-state index contributed by atoms with van der Waals surface area (Å²) in [5, 5.41) is 8.49. The van der Waals surface area contributed by atoms with Crippen molar-refractivity contribution in [1.29, 1.82) is 5.26 Å². The van der Waals surface area contributed by atoms with Crippen molar-refractivity contribution in [3.63, 3.8) is 0 Å². The van der Waals surface area contributed by atoms with Crippen molar-refractivity contribution in [2.24, 2.45) is 0 Å². The van der Waals surface area contributed by atoms with Crippen LogP contribution in [-0.2, 0) is 10.2 Å². The predicted molar refractivity (Wildman–Crippen MR) is 80.1 cm³/mol. The standard InChI is InChI=1S/C14H19N3O3S/c1-12-5-2-3-9-17(12)21(18,19)16-13-6-4-7-14(11-13)20-10-8-15/h4,6-7,11-12,16H,2-3,5,9-10H2,1H3. The molecule has 1 aromatic rings. The fourth-order valence-electron chi connectivity index (χ4n) is 2.40. The minimum absolute atomic E-state index is 0.00858. The van der Waals surface area contributed by atoms with Crippen LogP contribution in [0.4, 0.5) is 5.69 Å². The topological polar surface area (TPSA) is 82.4 Å². The molecule has 0 bridgehead atoms. The van der Waals surface area contributed by atoms with Crippen LogP contribution in [0.5, 0.6) is 5.75 Å². The van der Waals surface area contributed by atoms with Gasteiger partial charge in [-0.1, -0.05) is 12.5 Å². The van der Waals surface area contributed by atoms with Gasteiger partial charge in [0.1, 0.15) is 11.8 Å². The molecule has 1 fully saturated rings. The largest absolute Gasteiger partial charge is 0.479 e. The second kappa shape index (κ2) is 6.78. The summed E-state index contributed by atoms with van der Waals surface area (Å²) in [6, 6.07) is 8.48. The van der Waals surface area contributed by atoms with E-state index in [4.69, 9.17) is 10.00 Å². The molecule has 0 amide bonds. The first kappa shape index (κ1) is 15.6. The molecule has 2 rings (SSSR count). The molecule has 1 aromatic carbocycles. The molecule has 21 heavy (non-hydrogen) atoms. The Hall–Kier alpha value is -1.78. The maximum absolute atomic E-state index is 12.4. The Bertz CT molecular complexity index is 625. The number of hydrogen-bond donors (Lipinski definition) is 1. The minimum Gasteiger partial charge on any atom is -0.479 e. The quantitative estimate of drug-likeness (QED) is 0.903. The molecule has 0 radical (unpaired) electrons. The van der Waals surface area contributed by atoms with E-state index in [0.29, 0.717) is 18.0 Å². The number of ether oxygens (including phenoxy) is 1. The molecule has 0 aromatic heterocycles. The van der Waals surface area contributed by atoms with Gasteiger partial charge in [-0.3, -0.25) is 4.72 Å². The number of piperidine rings is 1. The van der Waals surface area contributed by atoms with Gasteiger partial charge in [0.2, 0.25) is 0 Å². The van der Waals surface area contributed by atoms with Crippen molar-refractivity contribution >= 4 is 15.9 Å². The summed E-state index contributed by atoms with van der Waals surface area (Å²) in [4.78, 5) is 0. The fourth-order valence-corrected chi connectivity index (χ4v) is 3.89. The van der Waals surface area contributed by atoms with Crippen LogP contribution in [0.15, 0.2) is 24.3 Å². The Morgan fingerprint density at radius 2 is 2.29 bits per heavy atom. The Balaban J connectivity index is 2.11. The molecular weight excluding hydrogens is 290 g/mol. The lowest BCUT2D eigenvalue weighted by Crippen LogP contribution is -2.44. The SMILES string of the molecule is CC1CCCCN1S(=O)(=O)Nc1cccc(OCC#N)c1. The van der Waals surface area contributed by atoms with Gasteiger partial charge in [0.05, 0.1) is 5.69 Å². The highest BCUT2D eigenvalue weighted by Crippen LogP contribution is 2.23. The van der Waals surface area contributed by atoms with E-state index in [-0.39, 0.29) is 12.6 Å². The monoisotopic (exact) mass is 309 g/mol. The van der Waals surface area contributed by atoms with Gasteiger partial charge in [0, 0.05) is 18.7 Å². The third-order valence-electron chi connectivity index (χ3n) is 3.43. The number of nitrogens with zero attached hydrogens (tertiary/aromatic N) is 2. The van der Waals surface area contributed by atoms with E-state index in [0.717, 1.165) is 19.3 Å². The van der Waals surface area contributed by atoms with Crippen molar-refractivity contribution in [3.05, 3.63) is 24.3 Å². The number of rotatable bonds is 5. The second-order valence-electron chi connectivity index (χ2n) is 5.04. The van der Waals surface area contributed by atoms with E-state index >= 15 is 0 Å². The first-order valence-corrected chi connectivity index (χ1v) is 8.36. The molecule has 1 N–H and O–H groups in total. The summed E-state index contributed by atoms with van der Waals surface area (Å²) in [5.41, 5.74) is 0.434. The maximum atomic E-state index is 12.4. The van der Waals surface area contributed by atoms with Crippen LogP contribution in [0.1, 0.15) is 26.2 Å². The lowest BCUT2D eigenvalue weighted by molar-refractivity contribution is 0.270. The normalized spacial score (nSPS) is 19.7. The van der Waals surface area contributed by atoms with Gasteiger partial charge in [-0.2, -0.15) is 18.0 Å². The van der Waals surface area contributed by atoms with Gasteiger partial charge in [0.15, 0.2) is 6.61 Å². The van der Waals surface area contributed by atoms with E-state index in [1.54, 1.807) is 24.3 Å². The van der Waals surface area contributed by atoms with Crippen LogP contribution >= 0.6 is 0 Å². The zero-order chi connectivity index (χ0) is 15.3. The van der Waals surface area contributed by atoms with E-state index in [2.05, 4.69) is 4.72 Å². The molecule has 0 aliphatic carbocycles. The molecule has 114 valence electrons. The van der Waals surface area contributed by atoms with Crippen LogP contribution in [0.25, 0.3) is 0 Å². The average molecular weight is 309 g/mol. The van der Waals surface area contributed by atoms with Gasteiger partial charge in [-0.15, -0.1) is 0 Å². The van der Waals surface area contributed by atoms with Gasteiger partial charge in [-0.25, -0.2) is 0 Å². The molecule has 1 atom stereocenters. The smallest absolute Gasteiger partial charge is 0.301 e.